The smallest absolute Gasteiger partial charge is 0.338 e. The van der Waals surface area contributed by atoms with Crippen molar-refractivity contribution in [2.75, 3.05) is 13.2 Å². The van der Waals surface area contributed by atoms with Crippen LogP contribution in [0, 0.1) is 0 Å². The van der Waals surface area contributed by atoms with E-state index in [4.69, 9.17) is 9.47 Å². The van der Waals surface area contributed by atoms with Crippen LogP contribution in [0.15, 0.2) is 18.2 Å². The van der Waals surface area contributed by atoms with E-state index in [1.54, 1.807) is 13.8 Å². The summed E-state index contributed by atoms with van der Waals surface area (Å²) >= 11 is 0. The highest BCUT2D eigenvalue weighted by Crippen LogP contribution is 2.33. The molecule has 1 aliphatic rings. The van der Waals surface area contributed by atoms with E-state index in [1.165, 1.54) is 37.7 Å². The van der Waals surface area contributed by atoms with Crippen LogP contribution in [-0.4, -0.2) is 25.2 Å². The Morgan fingerprint density at radius 1 is 1.04 bits per heavy atom. The quantitative estimate of drug-likeness (QED) is 0.743. The Kier molecular flexibility index (Phi) is 6.63. The normalized spacial score (nSPS) is 15.2. The third kappa shape index (κ3) is 4.81. The first kappa shape index (κ1) is 17.5. The van der Waals surface area contributed by atoms with Crippen LogP contribution in [-0.2, 0) is 20.7 Å². The molecular weight excluding hydrogens is 292 g/mol. The van der Waals surface area contributed by atoms with Gasteiger partial charge in [0.15, 0.2) is 0 Å². The van der Waals surface area contributed by atoms with Crippen molar-refractivity contribution in [2.24, 2.45) is 0 Å². The molecule has 0 atom stereocenters. The van der Waals surface area contributed by atoms with Gasteiger partial charge in [-0.2, -0.15) is 0 Å². The van der Waals surface area contributed by atoms with Crippen molar-refractivity contribution < 1.29 is 19.1 Å². The molecule has 126 valence electrons. The molecule has 0 saturated heterocycles. The summed E-state index contributed by atoms with van der Waals surface area (Å²) < 4.78 is 10.2. The Bertz CT molecular complexity index is 544. The fourth-order valence-electron chi connectivity index (χ4n) is 3.20. The van der Waals surface area contributed by atoms with Crippen LogP contribution in [0.2, 0.25) is 0 Å². The molecule has 4 heteroatoms. The SMILES string of the molecule is CCOC(=O)Cc1ccc(C2CCCCC2)cc1C(=O)OCC. The number of benzene rings is 1. The van der Waals surface area contributed by atoms with Crippen molar-refractivity contribution in [3.05, 3.63) is 34.9 Å². The molecule has 0 N–H and O–H groups in total. The fraction of sp³-hybridized carbons (Fsp3) is 0.579. The van der Waals surface area contributed by atoms with Gasteiger partial charge in [-0.1, -0.05) is 31.4 Å². The molecule has 1 saturated carbocycles. The minimum Gasteiger partial charge on any atom is -0.466 e. The molecule has 1 fully saturated rings. The largest absolute Gasteiger partial charge is 0.466 e. The van der Waals surface area contributed by atoms with Crippen LogP contribution < -0.4 is 0 Å². The van der Waals surface area contributed by atoms with E-state index in [0.29, 0.717) is 30.3 Å². The van der Waals surface area contributed by atoms with Crippen LogP contribution in [0.4, 0.5) is 0 Å². The summed E-state index contributed by atoms with van der Waals surface area (Å²) in [5, 5.41) is 0. The molecule has 0 spiro atoms. The van der Waals surface area contributed by atoms with Crippen LogP contribution in [0.1, 0.15) is 73.4 Å². The molecule has 23 heavy (non-hydrogen) atoms. The average Bonchev–Trinajstić information content (AvgIpc) is 2.56. The molecule has 0 unspecified atom stereocenters. The van der Waals surface area contributed by atoms with Crippen molar-refractivity contribution in [2.45, 2.75) is 58.3 Å². The zero-order valence-electron chi connectivity index (χ0n) is 14.1. The molecule has 1 aliphatic carbocycles. The average molecular weight is 318 g/mol. The van der Waals surface area contributed by atoms with Gasteiger partial charge in [0.1, 0.15) is 0 Å². The maximum absolute atomic E-state index is 12.3. The van der Waals surface area contributed by atoms with Gasteiger partial charge in [-0.25, -0.2) is 4.79 Å². The summed E-state index contributed by atoms with van der Waals surface area (Å²) in [5.74, 6) is -0.165. The van der Waals surface area contributed by atoms with Gasteiger partial charge in [0.25, 0.3) is 0 Å². The van der Waals surface area contributed by atoms with Gasteiger partial charge in [-0.15, -0.1) is 0 Å². The van der Waals surface area contributed by atoms with E-state index in [0.717, 1.165) is 0 Å². The van der Waals surface area contributed by atoms with Crippen LogP contribution in [0.25, 0.3) is 0 Å². The van der Waals surface area contributed by atoms with Crippen LogP contribution >= 0.6 is 0 Å². The number of carbonyl (C=O) groups is 2. The minimum absolute atomic E-state index is 0.104. The maximum Gasteiger partial charge on any atom is 0.338 e. The molecule has 4 nitrogen and oxygen atoms in total. The molecule has 0 aliphatic heterocycles. The van der Waals surface area contributed by atoms with E-state index in [9.17, 15) is 9.59 Å². The van der Waals surface area contributed by atoms with Gasteiger partial charge < -0.3 is 9.47 Å². The van der Waals surface area contributed by atoms with E-state index < -0.39 is 0 Å². The third-order valence-corrected chi connectivity index (χ3v) is 4.35. The monoisotopic (exact) mass is 318 g/mol. The summed E-state index contributed by atoms with van der Waals surface area (Å²) in [6.45, 7) is 4.23. The maximum atomic E-state index is 12.3. The Morgan fingerprint density at radius 3 is 2.39 bits per heavy atom. The first-order valence-corrected chi connectivity index (χ1v) is 8.61. The number of esters is 2. The number of carbonyl (C=O) groups excluding carboxylic acids is 2. The van der Waals surface area contributed by atoms with E-state index in [1.807, 2.05) is 18.2 Å². The molecule has 0 heterocycles. The number of hydrogen-bond acceptors (Lipinski definition) is 4. The molecule has 0 radical (unpaired) electrons. The summed E-state index contributed by atoms with van der Waals surface area (Å²) in [6.07, 6.45) is 6.21. The summed E-state index contributed by atoms with van der Waals surface area (Å²) in [5.41, 5.74) is 2.37. The lowest BCUT2D eigenvalue weighted by atomic mass is 9.83. The van der Waals surface area contributed by atoms with Crippen LogP contribution in [0.3, 0.4) is 0 Å². The lowest BCUT2D eigenvalue weighted by Gasteiger charge is -2.23. The highest BCUT2D eigenvalue weighted by molar-refractivity contribution is 5.92. The molecular formula is C19H26O4. The molecule has 0 amide bonds. The second-order valence-corrected chi connectivity index (χ2v) is 5.95. The predicted molar refractivity (Wildman–Crippen MR) is 88.6 cm³/mol. The lowest BCUT2D eigenvalue weighted by molar-refractivity contribution is -0.142. The molecule has 0 aromatic heterocycles. The number of ether oxygens (including phenoxy) is 2. The second-order valence-electron chi connectivity index (χ2n) is 5.95. The number of hydrogen-bond donors (Lipinski definition) is 0. The molecule has 1 aromatic carbocycles. The van der Waals surface area contributed by atoms with Crippen LogP contribution in [0.5, 0.6) is 0 Å². The highest BCUT2D eigenvalue weighted by atomic mass is 16.5. The molecule has 2 rings (SSSR count). The first-order chi connectivity index (χ1) is 11.2. The minimum atomic E-state index is -0.357. The van der Waals surface area contributed by atoms with Gasteiger partial charge in [-0.05, 0) is 49.8 Å². The van der Waals surface area contributed by atoms with Gasteiger partial charge in [0.05, 0.1) is 25.2 Å². The third-order valence-electron chi connectivity index (χ3n) is 4.35. The topological polar surface area (TPSA) is 52.6 Å². The summed E-state index contributed by atoms with van der Waals surface area (Å²) in [6, 6.07) is 5.85. The Labute approximate surface area is 138 Å². The standard InChI is InChI=1S/C19H26O4/c1-3-22-18(20)13-16-11-10-15(14-8-6-5-7-9-14)12-17(16)19(21)23-4-2/h10-12,14H,3-9,13H2,1-2H3. The van der Waals surface area contributed by atoms with Gasteiger partial charge in [0, 0.05) is 0 Å². The fourth-order valence-corrected chi connectivity index (χ4v) is 3.20. The molecule has 0 bridgehead atoms. The Hall–Kier alpha value is -1.84. The van der Waals surface area contributed by atoms with Gasteiger partial charge >= 0.3 is 11.9 Å². The number of rotatable bonds is 6. The summed E-state index contributed by atoms with van der Waals surface area (Å²) in [4.78, 5) is 24.0. The van der Waals surface area contributed by atoms with Crippen molar-refractivity contribution in [3.63, 3.8) is 0 Å². The van der Waals surface area contributed by atoms with Crippen molar-refractivity contribution in [3.8, 4) is 0 Å². The Morgan fingerprint density at radius 2 is 1.74 bits per heavy atom. The van der Waals surface area contributed by atoms with E-state index in [-0.39, 0.29) is 18.4 Å². The second kappa shape index (κ2) is 8.70. The van der Waals surface area contributed by atoms with Gasteiger partial charge in [-0.3, -0.25) is 4.79 Å². The van der Waals surface area contributed by atoms with Gasteiger partial charge in [0.2, 0.25) is 0 Å². The first-order valence-electron chi connectivity index (χ1n) is 8.61. The zero-order valence-corrected chi connectivity index (χ0v) is 14.1. The lowest BCUT2D eigenvalue weighted by Crippen LogP contribution is -2.15. The zero-order chi connectivity index (χ0) is 16.7. The van der Waals surface area contributed by atoms with E-state index in [2.05, 4.69) is 0 Å². The predicted octanol–water partition coefficient (Wildman–Crippen LogP) is 4.02. The highest BCUT2D eigenvalue weighted by Gasteiger charge is 2.21. The Balaban J connectivity index is 2.26. The van der Waals surface area contributed by atoms with Crippen molar-refractivity contribution in [1.29, 1.82) is 0 Å². The van der Waals surface area contributed by atoms with E-state index >= 15 is 0 Å². The molecule has 1 aromatic rings. The van der Waals surface area contributed by atoms with Crippen molar-refractivity contribution >= 4 is 11.9 Å². The van der Waals surface area contributed by atoms with Crippen molar-refractivity contribution in [1.82, 2.24) is 0 Å². The summed E-state index contributed by atoms with van der Waals surface area (Å²) in [7, 11) is 0.